The second-order valence-electron chi connectivity index (χ2n) is 2.15. The molecule has 0 unspecified atom stereocenters. The van der Waals surface area contributed by atoms with Crippen LogP contribution in [0.4, 0.5) is 0 Å². The van der Waals surface area contributed by atoms with Gasteiger partial charge in [0.1, 0.15) is 0 Å². The van der Waals surface area contributed by atoms with Crippen molar-refractivity contribution >= 4 is 0 Å². The fraction of sp³-hybridized carbons (Fsp3) is 0. The average molecular weight is 146 g/mol. The molecule has 11 heavy (non-hydrogen) atoms. The zero-order valence-electron chi connectivity index (χ0n) is 5.77. The highest BCUT2D eigenvalue weighted by Crippen LogP contribution is 2.19. The molecule has 2 rings (SSSR count). The van der Waals surface area contributed by atoms with E-state index >= 15 is 0 Å². The first-order valence-electron chi connectivity index (χ1n) is 3.29. The third-order valence-corrected chi connectivity index (χ3v) is 1.41. The van der Waals surface area contributed by atoms with Gasteiger partial charge in [-0.3, -0.25) is 0 Å². The lowest BCUT2D eigenvalue weighted by Gasteiger charge is -2.04. The Kier molecular flexibility index (Phi) is 1.41. The number of nitrogens with zero attached hydrogens (tertiary/aromatic N) is 2. The molecule has 0 radical (unpaired) electrons. The zero-order valence-corrected chi connectivity index (χ0v) is 5.77. The molecule has 3 nitrogen and oxygen atoms in total. The van der Waals surface area contributed by atoms with Gasteiger partial charge in [0.25, 0.3) is 0 Å². The number of rotatable bonds is 0. The molecular weight excluding hydrogens is 140 g/mol. The number of hydrogen-bond donors (Lipinski definition) is 0. The van der Waals surface area contributed by atoms with Crippen LogP contribution >= 0.6 is 0 Å². The summed E-state index contributed by atoms with van der Waals surface area (Å²) in [6.07, 6.45) is 11.2. The Morgan fingerprint density at radius 3 is 3.18 bits per heavy atom. The molecule has 0 saturated heterocycles. The molecule has 1 heterocycles. The van der Waals surface area contributed by atoms with E-state index in [1.807, 2.05) is 30.4 Å². The first-order chi connectivity index (χ1) is 5.47. The highest BCUT2D eigenvalue weighted by atomic mass is 16.6. The normalized spacial score (nSPS) is 19.6. The van der Waals surface area contributed by atoms with Gasteiger partial charge in [-0.25, -0.2) is 0 Å². The van der Waals surface area contributed by atoms with Gasteiger partial charge >= 0.3 is 0 Å². The van der Waals surface area contributed by atoms with E-state index in [-0.39, 0.29) is 0 Å². The van der Waals surface area contributed by atoms with Crippen molar-refractivity contribution in [2.24, 2.45) is 10.4 Å². The first-order valence-corrected chi connectivity index (χ1v) is 3.29. The third-order valence-electron chi connectivity index (χ3n) is 1.41. The van der Waals surface area contributed by atoms with E-state index < -0.39 is 0 Å². The second-order valence-corrected chi connectivity index (χ2v) is 2.15. The summed E-state index contributed by atoms with van der Waals surface area (Å²) in [5, 5.41) is 7.04. The van der Waals surface area contributed by atoms with E-state index in [0.717, 1.165) is 11.3 Å². The van der Waals surface area contributed by atoms with E-state index in [4.69, 9.17) is 4.84 Å². The third kappa shape index (κ3) is 1.12. The maximum absolute atomic E-state index is 4.91. The van der Waals surface area contributed by atoms with Crippen LogP contribution in [0, 0.1) is 0 Å². The van der Waals surface area contributed by atoms with Crippen LogP contribution in [-0.2, 0) is 4.84 Å². The smallest absolute Gasteiger partial charge is 0.168 e. The van der Waals surface area contributed by atoms with Crippen molar-refractivity contribution in [3.63, 3.8) is 0 Å². The van der Waals surface area contributed by atoms with Gasteiger partial charge in [0.2, 0.25) is 0 Å². The molecular formula is C8H6N2O. The van der Waals surface area contributed by atoms with Crippen LogP contribution in [0.3, 0.4) is 0 Å². The van der Waals surface area contributed by atoms with Crippen molar-refractivity contribution < 1.29 is 4.84 Å². The Balaban J connectivity index is 2.44. The van der Waals surface area contributed by atoms with Crippen LogP contribution in [-0.4, -0.2) is 0 Å². The van der Waals surface area contributed by atoms with Crippen LogP contribution in [0.5, 0.6) is 0 Å². The lowest BCUT2D eigenvalue weighted by molar-refractivity contribution is 0.206. The van der Waals surface area contributed by atoms with Gasteiger partial charge in [-0.1, -0.05) is 18.2 Å². The predicted molar refractivity (Wildman–Crippen MR) is 40.4 cm³/mol. The summed E-state index contributed by atoms with van der Waals surface area (Å²) in [4.78, 5) is 4.91. The Hall–Kier alpha value is -1.64. The van der Waals surface area contributed by atoms with E-state index in [0.29, 0.717) is 0 Å². The predicted octanol–water partition coefficient (Wildman–Crippen LogP) is 2.28. The lowest BCUT2D eigenvalue weighted by Crippen LogP contribution is -1.91. The summed E-state index contributed by atoms with van der Waals surface area (Å²) in [7, 11) is 0. The largest absolute Gasteiger partial charge is 0.339 e. The minimum absolute atomic E-state index is 0.741. The van der Waals surface area contributed by atoms with E-state index in [2.05, 4.69) is 10.4 Å². The van der Waals surface area contributed by atoms with Gasteiger partial charge in [-0.2, -0.15) is 0 Å². The van der Waals surface area contributed by atoms with Crippen molar-refractivity contribution in [3.05, 3.63) is 47.9 Å². The molecule has 3 heteroatoms. The molecule has 0 spiro atoms. The van der Waals surface area contributed by atoms with Gasteiger partial charge in [0.15, 0.2) is 5.76 Å². The number of allylic oxidation sites excluding steroid dienone is 5. The fourth-order valence-corrected chi connectivity index (χ4v) is 0.888. The van der Waals surface area contributed by atoms with Crippen LogP contribution in [0.25, 0.3) is 0 Å². The topological polar surface area (TPSA) is 34.0 Å². The molecule has 0 saturated carbocycles. The van der Waals surface area contributed by atoms with E-state index in [1.54, 1.807) is 6.20 Å². The number of hydrogen-bond acceptors (Lipinski definition) is 3. The summed E-state index contributed by atoms with van der Waals surface area (Å²) in [6.45, 7) is 0. The van der Waals surface area contributed by atoms with Crippen molar-refractivity contribution in [2.45, 2.75) is 0 Å². The molecule has 0 aromatic carbocycles. The second kappa shape index (κ2) is 2.54. The SMILES string of the molecule is C1=CC=C2ON=NC=C2C=C1. The minimum atomic E-state index is 0.741. The van der Waals surface area contributed by atoms with Crippen molar-refractivity contribution in [1.29, 1.82) is 0 Å². The van der Waals surface area contributed by atoms with E-state index in [9.17, 15) is 0 Å². The molecule has 0 fully saturated rings. The summed E-state index contributed by atoms with van der Waals surface area (Å²) < 4.78 is 0. The molecule has 0 N–H and O–H groups in total. The molecule has 0 bridgehead atoms. The molecule has 0 amide bonds. The quantitative estimate of drug-likeness (QED) is 0.516. The van der Waals surface area contributed by atoms with Crippen molar-refractivity contribution in [2.75, 3.05) is 0 Å². The van der Waals surface area contributed by atoms with Gasteiger partial charge in [0.05, 0.1) is 6.20 Å². The molecule has 1 aliphatic carbocycles. The Morgan fingerprint density at radius 2 is 2.18 bits per heavy atom. The maximum atomic E-state index is 4.91. The monoisotopic (exact) mass is 146 g/mol. The molecule has 0 aromatic heterocycles. The average Bonchev–Trinajstić information content (AvgIpc) is 2.28. The zero-order chi connectivity index (χ0) is 7.52. The Morgan fingerprint density at radius 1 is 1.18 bits per heavy atom. The van der Waals surface area contributed by atoms with Crippen molar-refractivity contribution in [1.82, 2.24) is 0 Å². The molecule has 1 aliphatic heterocycles. The van der Waals surface area contributed by atoms with Gasteiger partial charge < -0.3 is 4.84 Å². The highest BCUT2D eigenvalue weighted by Gasteiger charge is 2.07. The standard InChI is InChI=1S/C8H6N2O/c1-2-4-7-6-9-10-11-8(7)5-3-1/h1-6H. The lowest BCUT2D eigenvalue weighted by atomic mass is 10.2. The fourth-order valence-electron chi connectivity index (χ4n) is 0.888. The van der Waals surface area contributed by atoms with Crippen LogP contribution in [0.2, 0.25) is 0 Å². The summed E-state index contributed by atoms with van der Waals surface area (Å²) >= 11 is 0. The molecule has 2 aliphatic rings. The van der Waals surface area contributed by atoms with Crippen LogP contribution < -0.4 is 0 Å². The Labute approximate surface area is 64.0 Å². The van der Waals surface area contributed by atoms with Gasteiger partial charge in [-0.15, -0.1) is 5.11 Å². The summed E-state index contributed by atoms with van der Waals surface area (Å²) in [5.41, 5.74) is 0.949. The molecule has 0 aromatic rings. The van der Waals surface area contributed by atoms with Crippen LogP contribution in [0.1, 0.15) is 0 Å². The maximum Gasteiger partial charge on any atom is 0.168 e. The number of fused-ring (bicyclic) bond motifs is 1. The summed E-state index contributed by atoms with van der Waals surface area (Å²) in [6, 6.07) is 0. The first kappa shape index (κ1) is 6.09. The van der Waals surface area contributed by atoms with Crippen molar-refractivity contribution in [3.8, 4) is 0 Å². The molecule has 54 valence electrons. The van der Waals surface area contributed by atoms with Crippen LogP contribution in [0.15, 0.2) is 58.3 Å². The minimum Gasteiger partial charge on any atom is -0.339 e. The summed E-state index contributed by atoms with van der Waals surface area (Å²) in [5.74, 6) is 0.741. The van der Waals surface area contributed by atoms with E-state index in [1.165, 1.54) is 0 Å². The van der Waals surface area contributed by atoms with Gasteiger partial charge in [0, 0.05) is 10.9 Å². The highest BCUT2D eigenvalue weighted by molar-refractivity contribution is 5.42. The van der Waals surface area contributed by atoms with Gasteiger partial charge in [-0.05, 0) is 12.2 Å². The Bertz CT molecular complexity index is 308. The molecule has 0 atom stereocenters.